The van der Waals surface area contributed by atoms with Crippen molar-refractivity contribution in [3.8, 4) is 11.5 Å². The molecule has 1 aliphatic heterocycles. The van der Waals surface area contributed by atoms with Crippen LogP contribution in [0.2, 0.25) is 0 Å². The van der Waals surface area contributed by atoms with E-state index >= 15 is 0 Å². The van der Waals surface area contributed by atoms with E-state index in [9.17, 15) is 9.90 Å². The van der Waals surface area contributed by atoms with Crippen LogP contribution in [0.4, 0.5) is 0 Å². The number of carbonyl (C=O) groups is 1. The van der Waals surface area contributed by atoms with Crippen molar-refractivity contribution in [1.29, 1.82) is 0 Å². The Bertz CT molecular complexity index is 1170. The van der Waals surface area contributed by atoms with Gasteiger partial charge in [-0.3, -0.25) is 9.69 Å². The number of rotatable bonds is 7. The predicted molar refractivity (Wildman–Crippen MR) is 137 cm³/mol. The Balaban J connectivity index is 1.33. The third-order valence-corrected chi connectivity index (χ3v) is 8.44. The smallest absolute Gasteiger partial charge is 0.225 e. The Hall–Kier alpha value is -2.87. The molecule has 2 N–H and O–H groups in total. The summed E-state index contributed by atoms with van der Waals surface area (Å²) in [7, 11) is 3.34. The Morgan fingerprint density at radius 2 is 1.94 bits per heavy atom. The van der Waals surface area contributed by atoms with Crippen molar-refractivity contribution in [3.05, 3.63) is 81.5 Å². The molecule has 7 heteroatoms. The number of likely N-dealkylation sites (tertiary alicyclic amines) is 1. The lowest BCUT2D eigenvalue weighted by Crippen LogP contribution is -2.50. The average Bonchev–Trinajstić information content (AvgIpc) is 3.47. The maximum Gasteiger partial charge on any atom is 0.225 e. The summed E-state index contributed by atoms with van der Waals surface area (Å²) < 4.78 is 11.4. The number of hydrogen-bond donors (Lipinski definition) is 2. The van der Waals surface area contributed by atoms with Crippen LogP contribution in [-0.2, 0) is 27.9 Å². The van der Waals surface area contributed by atoms with Crippen LogP contribution in [0, 0.1) is 0 Å². The van der Waals surface area contributed by atoms with E-state index < -0.39 is 0 Å². The molecular weight excluding hydrogens is 460 g/mol. The van der Waals surface area contributed by atoms with E-state index in [1.54, 1.807) is 31.6 Å². The number of nitrogens with zero attached hydrogens (tertiary/aromatic N) is 1. The number of aromatic hydroxyl groups is 1. The molecule has 1 aliphatic carbocycles. The number of benzene rings is 2. The number of nitrogens with one attached hydrogen (secondary N) is 1. The highest BCUT2D eigenvalue weighted by molar-refractivity contribution is 7.10. The number of phenols is 1. The lowest BCUT2D eigenvalue weighted by molar-refractivity contribution is -0.122. The molecule has 5 rings (SSSR count). The second kappa shape index (κ2) is 10.0. The van der Waals surface area contributed by atoms with Crippen molar-refractivity contribution in [2.45, 2.75) is 43.4 Å². The highest BCUT2D eigenvalue weighted by Gasteiger charge is 2.53. The van der Waals surface area contributed by atoms with E-state index in [0.29, 0.717) is 12.2 Å². The molecule has 3 aromatic rings. The minimum atomic E-state index is -0.156. The van der Waals surface area contributed by atoms with Gasteiger partial charge in [-0.15, -0.1) is 11.3 Å². The summed E-state index contributed by atoms with van der Waals surface area (Å²) in [5, 5.41) is 15.2. The van der Waals surface area contributed by atoms with E-state index in [1.165, 1.54) is 11.1 Å². The highest BCUT2D eigenvalue weighted by atomic mass is 32.1. The van der Waals surface area contributed by atoms with Gasteiger partial charge in [0.25, 0.3) is 0 Å². The summed E-state index contributed by atoms with van der Waals surface area (Å²) >= 11 is 1.61. The number of ether oxygens (including phenoxy) is 2. The van der Waals surface area contributed by atoms with Crippen LogP contribution >= 0.6 is 11.3 Å². The fraction of sp³-hybridized carbons (Fsp3) is 0.393. The maximum absolute atomic E-state index is 12.9. The summed E-state index contributed by atoms with van der Waals surface area (Å²) in [5.74, 6) is 0.692. The molecule has 2 heterocycles. The van der Waals surface area contributed by atoms with Gasteiger partial charge in [0.1, 0.15) is 0 Å². The van der Waals surface area contributed by atoms with E-state index in [-0.39, 0.29) is 29.2 Å². The first kappa shape index (κ1) is 23.9. The molecule has 0 saturated carbocycles. The van der Waals surface area contributed by atoms with Crippen molar-refractivity contribution < 1.29 is 19.4 Å². The van der Waals surface area contributed by atoms with Crippen molar-refractivity contribution in [3.63, 3.8) is 0 Å². The van der Waals surface area contributed by atoms with Gasteiger partial charge in [0, 0.05) is 23.9 Å². The molecule has 2 aromatic carbocycles. The molecule has 1 amide bonds. The third-order valence-electron chi connectivity index (χ3n) is 7.56. The number of fused-ring (bicyclic) bond motifs is 2. The number of carbonyl (C=O) groups excluding carboxylic acids is 1. The van der Waals surface area contributed by atoms with Gasteiger partial charge in [-0.25, -0.2) is 0 Å². The molecule has 1 saturated heterocycles. The fourth-order valence-electron chi connectivity index (χ4n) is 5.91. The largest absolute Gasteiger partial charge is 0.504 e. The van der Waals surface area contributed by atoms with E-state index in [0.717, 1.165) is 42.9 Å². The Morgan fingerprint density at radius 1 is 1.14 bits per heavy atom. The quantitative estimate of drug-likeness (QED) is 0.511. The maximum atomic E-state index is 12.9. The molecule has 1 fully saturated rings. The van der Waals surface area contributed by atoms with Gasteiger partial charge in [0.2, 0.25) is 5.91 Å². The second-order valence-corrected chi connectivity index (χ2v) is 10.5. The van der Waals surface area contributed by atoms with Crippen LogP contribution in [0.5, 0.6) is 11.5 Å². The Labute approximate surface area is 210 Å². The molecular formula is C28H32N2O4S. The third kappa shape index (κ3) is 4.56. The van der Waals surface area contributed by atoms with Crippen molar-refractivity contribution in [2.75, 3.05) is 27.3 Å². The zero-order valence-electron chi connectivity index (χ0n) is 20.2. The lowest BCUT2D eigenvalue weighted by Gasteiger charge is -2.44. The molecule has 6 nitrogen and oxygen atoms in total. The Morgan fingerprint density at radius 3 is 2.66 bits per heavy atom. The van der Waals surface area contributed by atoms with Gasteiger partial charge in [-0.2, -0.15) is 0 Å². The van der Waals surface area contributed by atoms with Gasteiger partial charge in [-0.1, -0.05) is 36.4 Å². The molecule has 2 aliphatic rings. The molecule has 0 bridgehead atoms. The monoisotopic (exact) mass is 492 g/mol. The summed E-state index contributed by atoms with van der Waals surface area (Å²) in [6, 6.07) is 17.9. The number of hydrogen-bond acceptors (Lipinski definition) is 6. The van der Waals surface area contributed by atoms with Gasteiger partial charge in [0.15, 0.2) is 11.5 Å². The number of phenolic OH excluding ortho intramolecular Hbond substituents is 1. The van der Waals surface area contributed by atoms with Crippen LogP contribution in [0.3, 0.4) is 0 Å². The molecule has 35 heavy (non-hydrogen) atoms. The van der Waals surface area contributed by atoms with Crippen molar-refractivity contribution >= 4 is 17.2 Å². The van der Waals surface area contributed by atoms with Gasteiger partial charge in [-0.05, 0) is 66.2 Å². The standard InChI is InChI=1S/C28H32N2O4S/c1-33-24-16-19(9-10-23(24)31)18-30-13-11-28(12-14-30)22-8-4-3-7-21(22)26(27(28)34-2)29-25(32)17-20-6-5-15-35-20/h3-10,15-16,26-27,31H,11-14,17-18H2,1-2H3,(H,29,32)/t26-,27+/m1/s1. The zero-order chi connectivity index (χ0) is 24.4. The number of methoxy groups -OCH3 is 2. The summed E-state index contributed by atoms with van der Waals surface area (Å²) in [6.45, 7) is 2.65. The number of piperidine rings is 1. The van der Waals surface area contributed by atoms with Gasteiger partial charge >= 0.3 is 0 Å². The predicted octanol–water partition coefficient (Wildman–Crippen LogP) is 4.42. The minimum Gasteiger partial charge on any atom is -0.504 e. The highest BCUT2D eigenvalue weighted by Crippen LogP contribution is 2.52. The first-order valence-electron chi connectivity index (χ1n) is 12.1. The Kier molecular flexibility index (Phi) is 6.82. The first-order valence-corrected chi connectivity index (χ1v) is 12.9. The van der Waals surface area contributed by atoms with E-state index in [1.807, 2.05) is 29.6 Å². The van der Waals surface area contributed by atoms with Crippen LogP contribution in [0.15, 0.2) is 60.0 Å². The summed E-state index contributed by atoms with van der Waals surface area (Å²) in [6.07, 6.45) is 2.19. The summed E-state index contributed by atoms with van der Waals surface area (Å²) in [4.78, 5) is 16.5. The lowest BCUT2D eigenvalue weighted by atomic mass is 9.72. The van der Waals surface area contributed by atoms with E-state index in [4.69, 9.17) is 9.47 Å². The minimum absolute atomic E-state index is 0.0325. The molecule has 0 radical (unpaired) electrons. The second-order valence-electron chi connectivity index (χ2n) is 9.48. The topological polar surface area (TPSA) is 71.0 Å². The zero-order valence-corrected chi connectivity index (χ0v) is 21.0. The van der Waals surface area contributed by atoms with Crippen molar-refractivity contribution in [1.82, 2.24) is 10.2 Å². The first-order chi connectivity index (χ1) is 17.0. The SMILES string of the molecule is COc1cc(CN2CCC3(CC2)c2ccccc2[C@@H](NC(=O)Cc2cccs2)[C@@H]3OC)ccc1O. The number of amides is 1. The molecule has 2 atom stereocenters. The molecule has 1 spiro atoms. The van der Waals surface area contributed by atoms with Crippen LogP contribution in [-0.4, -0.2) is 49.3 Å². The van der Waals surface area contributed by atoms with Crippen LogP contribution < -0.4 is 10.1 Å². The van der Waals surface area contributed by atoms with Gasteiger partial charge < -0.3 is 19.9 Å². The van der Waals surface area contributed by atoms with Crippen LogP contribution in [0.25, 0.3) is 0 Å². The van der Waals surface area contributed by atoms with Crippen molar-refractivity contribution in [2.24, 2.45) is 0 Å². The average molecular weight is 493 g/mol. The fourth-order valence-corrected chi connectivity index (χ4v) is 6.61. The molecule has 184 valence electrons. The normalized spacial score (nSPS) is 21.1. The molecule has 0 unspecified atom stereocenters. The molecule has 1 aromatic heterocycles. The van der Waals surface area contributed by atoms with Crippen LogP contribution in [0.1, 0.15) is 40.5 Å². The van der Waals surface area contributed by atoms with Gasteiger partial charge in [0.05, 0.1) is 25.7 Å². The summed E-state index contributed by atoms with van der Waals surface area (Å²) in [5.41, 5.74) is 3.47. The van der Waals surface area contributed by atoms with E-state index in [2.05, 4.69) is 34.5 Å². The number of thiophene rings is 1.